The van der Waals surface area contributed by atoms with E-state index in [1.54, 1.807) is 30.3 Å². The first-order chi connectivity index (χ1) is 15.8. The number of fused-ring (bicyclic) bond motifs is 1. The molecule has 1 fully saturated rings. The first-order valence-electron chi connectivity index (χ1n) is 10.2. The number of carbonyl (C=O) groups is 3. The van der Waals surface area contributed by atoms with Gasteiger partial charge in [-0.2, -0.15) is 0 Å². The first-order valence-corrected chi connectivity index (χ1v) is 10.6. The quantitative estimate of drug-likeness (QED) is 0.464. The molecular weight excluding hydrogens is 451 g/mol. The number of benzene rings is 2. The molecule has 1 saturated heterocycles. The zero-order valence-corrected chi connectivity index (χ0v) is 18.2. The third-order valence-electron chi connectivity index (χ3n) is 5.65. The number of nitrogens with one attached hydrogen (secondary N) is 2. The van der Waals surface area contributed by atoms with Crippen LogP contribution in [0.2, 0.25) is 5.02 Å². The Hall–Kier alpha value is -3.63. The Bertz CT molecular complexity index is 1250. The summed E-state index contributed by atoms with van der Waals surface area (Å²) in [6, 6.07) is 8.67. The molecule has 1 aliphatic heterocycles. The van der Waals surface area contributed by atoms with Crippen molar-refractivity contribution in [3.63, 3.8) is 0 Å². The molecule has 0 saturated carbocycles. The van der Waals surface area contributed by atoms with E-state index in [1.165, 1.54) is 27.8 Å². The van der Waals surface area contributed by atoms with E-state index >= 15 is 0 Å². The number of halogens is 2. The number of hydrogen-bond donors (Lipinski definition) is 4. The second kappa shape index (κ2) is 9.08. The lowest BCUT2D eigenvalue weighted by Crippen LogP contribution is -2.53. The highest BCUT2D eigenvalue weighted by Gasteiger charge is 2.40. The van der Waals surface area contributed by atoms with Crippen LogP contribution in [0.5, 0.6) is 0 Å². The van der Waals surface area contributed by atoms with Crippen LogP contribution in [-0.2, 0) is 11.3 Å². The normalized spacial score (nSPS) is 17.8. The van der Waals surface area contributed by atoms with Gasteiger partial charge in [0, 0.05) is 36.3 Å². The van der Waals surface area contributed by atoms with E-state index in [1.807, 2.05) is 0 Å². The number of likely N-dealkylation sites (tertiary alicyclic amines) is 1. The van der Waals surface area contributed by atoms with Crippen molar-refractivity contribution in [3.05, 3.63) is 65.1 Å². The maximum Gasteiger partial charge on any atom is 0.323 e. The number of carbonyl (C=O) groups excluding carboxylic acids is 3. The van der Waals surface area contributed by atoms with Crippen molar-refractivity contribution < 1.29 is 18.8 Å². The summed E-state index contributed by atoms with van der Waals surface area (Å²) in [4.78, 5) is 39.0. The van der Waals surface area contributed by atoms with Crippen molar-refractivity contribution in [1.82, 2.24) is 14.8 Å². The van der Waals surface area contributed by atoms with Gasteiger partial charge >= 0.3 is 12.1 Å². The minimum atomic E-state index is -0.947. The third kappa shape index (κ3) is 4.35. The number of hydrogen-bond acceptors (Lipinski definition) is 4. The molecule has 0 bridgehead atoms. The number of anilines is 1. The average Bonchev–Trinajstić information content (AvgIpc) is 3.35. The van der Waals surface area contributed by atoms with Crippen molar-refractivity contribution in [2.24, 2.45) is 11.5 Å². The molecule has 4 amide bonds. The monoisotopic (exact) mass is 472 g/mol. The average molecular weight is 473 g/mol. The Kier molecular flexibility index (Phi) is 6.21. The highest BCUT2D eigenvalue weighted by atomic mass is 35.5. The van der Waals surface area contributed by atoms with Crippen LogP contribution in [0.25, 0.3) is 10.9 Å². The van der Waals surface area contributed by atoms with Crippen LogP contribution in [0.4, 0.5) is 19.7 Å². The van der Waals surface area contributed by atoms with E-state index in [0.717, 1.165) is 0 Å². The topological polar surface area (TPSA) is 135 Å². The Morgan fingerprint density at radius 2 is 1.91 bits per heavy atom. The maximum absolute atomic E-state index is 14.1. The molecule has 2 aromatic carbocycles. The van der Waals surface area contributed by atoms with Gasteiger partial charge in [-0.25, -0.2) is 14.0 Å². The van der Waals surface area contributed by atoms with Gasteiger partial charge in [0.1, 0.15) is 11.9 Å². The lowest BCUT2D eigenvalue weighted by molar-refractivity contribution is -0.125. The molecule has 1 aliphatic rings. The van der Waals surface area contributed by atoms with E-state index in [9.17, 15) is 18.8 Å². The molecule has 1 aromatic heterocycles. The highest BCUT2D eigenvalue weighted by molar-refractivity contribution is 6.30. The van der Waals surface area contributed by atoms with Gasteiger partial charge in [-0.3, -0.25) is 9.36 Å². The van der Waals surface area contributed by atoms with Crippen molar-refractivity contribution in [2.45, 2.75) is 25.0 Å². The van der Waals surface area contributed by atoms with E-state index in [4.69, 9.17) is 23.1 Å². The number of para-hydroxylation sites is 1. The second-order valence-corrected chi connectivity index (χ2v) is 8.13. The number of rotatable bonds is 4. The molecule has 2 unspecified atom stereocenters. The van der Waals surface area contributed by atoms with Gasteiger partial charge in [-0.05, 0) is 18.6 Å². The summed E-state index contributed by atoms with van der Waals surface area (Å²) < 4.78 is 15.3. The largest absolute Gasteiger partial charge is 0.351 e. The van der Waals surface area contributed by atoms with E-state index in [0.29, 0.717) is 23.0 Å². The Balaban J connectivity index is 1.51. The zero-order chi connectivity index (χ0) is 23.7. The zero-order valence-electron chi connectivity index (χ0n) is 17.4. The number of amides is 4. The molecule has 4 rings (SSSR count). The maximum atomic E-state index is 14.1. The van der Waals surface area contributed by atoms with Crippen LogP contribution in [0, 0.1) is 5.82 Å². The van der Waals surface area contributed by atoms with Crippen molar-refractivity contribution in [3.8, 4) is 0 Å². The van der Waals surface area contributed by atoms with Gasteiger partial charge in [0.2, 0.25) is 5.91 Å². The summed E-state index contributed by atoms with van der Waals surface area (Å²) in [6.07, 6.45) is 1.85. The summed E-state index contributed by atoms with van der Waals surface area (Å²) in [7, 11) is 0. The standard InChI is InChI=1S/C22H22ClFN6O3/c23-14-6-3-4-12(18(14)24)10-27-20(31)19-15(25)8-9-29(19)22(33)28-16-11-30(21(26)32)17-7-2-1-5-13(16)17/h1-7,11,15,19H,8-10,25H2,(H2,26,32)(H,27,31)(H,28,33). The predicted molar refractivity (Wildman–Crippen MR) is 122 cm³/mol. The summed E-state index contributed by atoms with van der Waals surface area (Å²) in [5, 5.41) is 5.95. The molecule has 6 N–H and O–H groups in total. The molecule has 9 nitrogen and oxygen atoms in total. The molecule has 11 heteroatoms. The van der Waals surface area contributed by atoms with Crippen molar-refractivity contribution in [1.29, 1.82) is 0 Å². The van der Waals surface area contributed by atoms with Crippen LogP contribution in [0.15, 0.2) is 48.7 Å². The van der Waals surface area contributed by atoms with E-state index in [2.05, 4.69) is 10.6 Å². The van der Waals surface area contributed by atoms with E-state index < -0.39 is 35.9 Å². The van der Waals surface area contributed by atoms with Crippen LogP contribution in [-0.4, -0.2) is 46.1 Å². The molecule has 0 spiro atoms. The lowest BCUT2D eigenvalue weighted by Gasteiger charge is -2.26. The number of primary amides is 1. The fourth-order valence-electron chi connectivity index (χ4n) is 4.00. The summed E-state index contributed by atoms with van der Waals surface area (Å²) in [5.41, 5.74) is 12.7. The smallest absolute Gasteiger partial charge is 0.323 e. The van der Waals surface area contributed by atoms with Gasteiger partial charge in [0.15, 0.2) is 0 Å². The van der Waals surface area contributed by atoms with Crippen molar-refractivity contribution >= 4 is 46.2 Å². The number of nitrogens with zero attached hydrogens (tertiary/aromatic N) is 2. The molecule has 3 aromatic rings. The molecule has 2 atom stereocenters. The summed E-state index contributed by atoms with van der Waals surface area (Å²) >= 11 is 5.78. The summed E-state index contributed by atoms with van der Waals surface area (Å²) in [5.74, 6) is -1.12. The Labute approximate surface area is 193 Å². The van der Waals surface area contributed by atoms with E-state index in [-0.39, 0.29) is 23.7 Å². The molecule has 2 heterocycles. The number of aromatic nitrogens is 1. The highest BCUT2D eigenvalue weighted by Crippen LogP contribution is 2.27. The van der Waals surface area contributed by atoms with Crippen LogP contribution in [0.1, 0.15) is 12.0 Å². The Morgan fingerprint density at radius 3 is 2.67 bits per heavy atom. The van der Waals surface area contributed by atoms with Crippen molar-refractivity contribution in [2.75, 3.05) is 11.9 Å². The minimum Gasteiger partial charge on any atom is -0.351 e. The fourth-order valence-corrected chi connectivity index (χ4v) is 4.19. The van der Waals surface area contributed by atoms with Gasteiger partial charge in [0.05, 0.1) is 16.2 Å². The lowest BCUT2D eigenvalue weighted by atomic mass is 10.1. The SMILES string of the molecule is NC(=O)n1cc(NC(=O)N2CCC(N)C2C(=O)NCc2cccc(Cl)c2F)c2ccccc21. The van der Waals surface area contributed by atoms with Gasteiger partial charge in [-0.15, -0.1) is 0 Å². The first kappa shape index (κ1) is 22.6. The van der Waals surface area contributed by atoms with Crippen LogP contribution in [0.3, 0.4) is 0 Å². The Morgan fingerprint density at radius 1 is 1.15 bits per heavy atom. The molecule has 0 radical (unpaired) electrons. The molecule has 33 heavy (non-hydrogen) atoms. The van der Waals surface area contributed by atoms with Gasteiger partial charge in [0.25, 0.3) is 0 Å². The summed E-state index contributed by atoms with van der Waals surface area (Å²) in [6.45, 7) is 0.154. The molecular formula is C22H22ClFN6O3. The van der Waals surface area contributed by atoms with Crippen LogP contribution >= 0.6 is 11.6 Å². The number of urea groups is 1. The third-order valence-corrected chi connectivity index (χ3v) is 5.94. The number of nitrogens with two attached hydrogens (primary N) is 2. The molecule has 172 valence electrons. The fraction of sp³-hybridized carbons (Fsp3) is 0.227. The predicted octanol–water partition coefficient (Wildman–Crippen LogP) is 2.61. The minimum absolute atomic E-state index is 0.0459. The van der Waals surface area contributed by atoms with Crippen LogP contribution < -0.4 is 22.1 Å². The second-order valence-electron chi connectivity index (χ2n) is 7.72. The van der Waals surface area contributed by atoms with Gasteiger partial charge in [-0.1, -0.05) is 41.9 Å². The molecule has 0 aliphatic carbocycles. The van der Waals surface area contributed by atoms with Gasteiger partial charge < -0.3 is 27.0 Å².